The molecule has 1 aromatic heterocycles. The third kappa shape index (κ3) is 12.3. The fraction of sp³-hybridized carbons (Fsp3) is 0.356. The Kier molecular flexibility index (Phi) is 16.5. The smallest absolute Gasteiger partial charge is 0.264 e. The van der Waals surface area contributed by atoms with Crippen molar-refractivity contribution in [1.82, 2.24) is 19.6 Å². The number of hydrogen-bond acceptors (Lipinski definition) is 10. The van der Waals surface area contributed by atoms with Crippen molar-refractivity contribution in [2.75, 3.05) is 87.3 Å². The summed E-state index contributed by atoms with van der Waals surface area (Å²) in [7, 11) is 6.88. The summed E-state index contributed by atoms with van der Waals surface area (Å²) < 4.78 is 18.6. The van der Waals surface area contributed by atoms with Crippen molar-refractivity contribution < 1.29 is 34.0 Å². The zero-order chi connectivity index (χ0) is 50.3. The molecule has 0 spiro atoms. The number of β-amino-alcohol motifs (C(OH)–C–C–N with tert-alkyl or cyclic N) is 2. The molecule has 4 heterocycles. The molecule has 0 unspecified atom stereocenters. The molecule has 72 heavy (non-hydrogen) atoms. The fourth-order valence-corrected chi connectivity index (χ4v) is 11.6. The zero-order valence-electron chi connectivity index (χ0n) is 41.6. The van der Waals surface area contributed by atoms with Crippen molar-refractivity contribution in [3.63, 3.8) is 0 Å². The van der Waals surface area contributed by atoms with E-state index >= 15 is 0 Å². The highest BCUT2D eigenvalue weighted by atomic mass is 35.5. The number of likely N-dealkylation sites (tertiary alicyclic amines) is 2. The quantitative estimate of drug-likeness (QED) is 0.110. The van der Waals surface area contributed by atoms with Gasteiger partial charge in [-0.05, 0) is 127 Å². The molecule has 13 heteroatoms. The SMILES string of the molecule is CN(C)C(=O)C1=Cc2cccc(OC[C@@H](O)CN3CCC(c4ccc5ccccc5c4)CC3)c2OC1.CN(C)C(=O)c1sc2cc(OC[C@@H](O)CN3CCC(c4ccc5ccccc5c4)CC3)ccc2c1Cl. The molecule has 0 bridgehead atoms. The molecule has 0 radical (unpaired) electrons. The molecule has 6 aromatic carbocycles. The molecular formula is C59H65ClN4O7S. The second-order valence-corrected chi connectivity index (χ2v) is 21.2. The van der Waals surface area contributed by atoms with E-state index in [9.17, 15) is 19.8 Å². The molecule has 3 aliphatic rings. The van der Waals surface area contributed by atoms with E-state index in [1.165, 1.54) is 48.9 Å². The summed E-state index contributed by atoms with van der Waals surface area (Å²) in [5.74, 6) is 2.83. The minimum atomic E-state index is -0.594. The Morgan fingerprint density at radius 1 is 0.667 bits per heavy atom. The number of likely N-dealkylation sites (N-methyl/N-ethyl adjacent to an activating group) is 1. The summed E-state index contributed by atoms with van der Waals surface area (Å²) in [4.78, 5) is 32.9. The number of thiophene rings is 1. The number of amides is 2. The maximum atomic E-state index is 12.4. The van der Waals surface area contributed by atoms with E-state index in [-0.39, 0.29) is 31.6 Å². The number of aliphatic hydroxyl groups is 2. The second kappa shape index (κ2) is 23.3. The lowest BCUT2D eigenvalue weighted by Crippen LogP contribution is -2.40. The van der Waals surface area contributed by atoms with Crippen LogP contribution in [0.5, 0.6) is 17.2 Å². The molecule has 2 N–H and O–H groups in total. The number of benzene rings is 6. The molecule has 2 amide bonds. The van der Waals surface area contributed by atoms with Crippen LogP contribution in [0.15, 0.2) is 127 Å². The first-order valence-corrected chi connectivity index (χ1v) is 26.2. The molecule has 2 fully saturated rings. The van der Waals surface area contributed by atoms with Gasteiger partial charge in [-0.2, -0.15) is 0 Å². The topological polar surface area (TPSA) is 115 Å². The largest absolute Gasteiger partial charge is 0.491 e. The van der Waals surface area contributed by atoms with Crippen molar-refractivity contribution in [2.24, 2.45) is 0 Å². The van der Waals surface area contributed by atoms with Crippen molar-refractivity contribution in [3.05, 3.63) is 153 Å². The van der Waals surface area contributed by atoms with Crippen molar-refractivity contribution in [1.29, 1.82) is 0 Å². The third-order valence-electron chi connectivity index (χ3n) is 14.1. The zero-order valence-corrected chi connectivity index (χ0v) is 43.2. The van der Waals surface area contributed by atoms with E-state index in [0.717, 1.165) is 67.5 Å². The van der Waals surface area contributed by atoms with Gasteiger partial charge < -0.3 is 44.0 Å². The van der Waals surface area contributed by atoms with Gasteiger partial charge >= 0.3 is 0 Å². The summed E-state index contributed by atoms with van der Waals surface area (Å²) in [6.45, 7) is 5.67. The van der Waals surface area contributed by atoms with Crippen LogP contribution in [0.3, 0.4) is 0 Å². The average Bonchev–Trinajstić information content (AvgIpc) is 3.73. The van der Waals surface area contributed by atoms with Crippen LogP contribution < -0.4 is 14.2 Å². The summed E-state index contributed by atoms with van der Waals surface area (Å²) in [6, 6.07) is 41.9. The van der Waals surface area contributed by atoms with Gasteiger partial charge in [0.1, 0.15) is 42.7 Å². The third-order valence-corrected chi connectivity index (χ3v) is 15.7. The molecular weight excluding hydrogens is 944 g/mol. The van der Waals surface area contributed by atoms with Gasteiger partial charge in [0, 0.05) is 56.9 Å². The molecule has 2 saturated heterocycles. The van der Waals surface area contributed by atoms with Gasteiger partial charge in [0.05, 0.1) is 10.6 Å². The van der Waals surface area contributed by atoms with Crippen LogP contribution in [0.25, 0.3) is 37.7 Å². The van der Waals surface area contributed by atoms with Crippen molar-refractivity contribution >= 4 is 72.5 Å². The van der Waals surface area contributed by atoms with Gasteiger partial charge in [0.25, 0.3) is 11.8 Å². The molecule has 10 rings (SSSR count). The molecule has 376 valence electrons. The van der Waals surface area contributed by atoms with Gasteiger partial charge in [-0.3, -0.25) is 9.59 Å². The molecule has 2 atom stereocenters. The summed E-state index contributed by atoms with van der Waals surface area (Å²) in [6.07, 6.45) is 5.05. The number of ether oxygens (including phenoxy) is 3. The monoisotopic (exact) mass is 1010 g/mol. The molecule has 11 nitrogen and oxygen atoms in total. The lowest BCUT2D eigenvalue weighted by molar-refractivity contribution is -0.125. The summed E-state index contributed by atoms with van der Waals surface area (Å²) >= 11 is 7.80. The van der Waals surface area contributed by atoms with Crippen LogP contribution in [-0.4, -0.2) is 141 Å². The minimum absolute atomic E-state index is 0.0632. The number of halogens is 1. The van der Waals surface area contributed by atoms with E-state index < -0.39 is 12.2 Å². The first-order chi connectivity index (χ1) is 34.9. The summed E-state index contributed by atoms with van der Waals surface area (Å²) in [5.41, 5.74) is 4.25. The Morgan fingerprint density at radius 2 is 1.21 bits per heavy atom. The first-order valence-electron chi connectivity index (χ1n) is 25.0. The number of piperidine rings is 2. The highest BCUT2D eigenvalue weighted by molar-refractivity contribution is 7.21. The minimum Gasteiger partial charge on any atom is -0.491 e. The van der Waals surface area contributed by atoms with Gasteiger partial charge in [-0.25, -0.2) is 0 Å². The van der Waals surface area contributed by atoms with Gasteiger partial charge in [0.2, 0.25) is 0 Å². The van der Waals surface area contributed by atoms with E-state index in [1.54, 1.807) is 33.1 Å². The Balaban J connectivity index is 0.000000178. The number of carbonyl (C=O) groups excluding carboxylic acids is 2. The maximum Gasteiger partial charge on any atom is 0.264 e. The lowest BCUT2D eigenvalue weighted by Gasteiger charge is -2.33. The van der Waals surface area contributed by atoms with Crippen LogP contribution in [0.2, 0.25) is 5.02 Å². The van der Waals surface area contributed by atoms with Crippen LogP contribution >= 0.6 is 22.9 Å². The van der Waals surface area contributed by atoms with Crippen molar-refractivity contribution in [3.8, 4) is 17.2 Å². The van der Waals surface area contributed by atoms with Crippen LogP contribution in [0.4, 0.5) is 0 Å². The fourth-order valence-electron chi connectivity index (χ4n) is 10.1. The number of para-hydroxylation sites is 1. The Morgan fingerprint density at radius 3 is 1.76 bits per heavy atom. The summed E-state index contributed by atoms with van der Waals surface area (Å²) in [5, 5.41) is 27.8. The Labute approximate surface area is 431 Å². The van der Waals surface area contributed by atoms with E-state index in [0.29, 0.717) is 57.6 Å². The Hall–Kier alpha value is -5.99. The van der Waals surface area contributed by atoms with E-state index in [4.69, 9.17) is 25.8 Å². The Bertz CT molecular complexity index is 3050. The van der Waals surface area contributed by atoms with Gasteiger partial charge in [-0.1, -0.05) is 109 Å². The molecule has 3 aliphatic heterocycles. The van der Waals surface area contributed by atoms with E-state index in [2.05, 4.69) is 94.7 Å². The normalized spacial score (nSPS) is 16.5. The number of rotatable bonds is 14. The average molecular weight is 1010 g/mol. The van der Waals surface area contributed by atoms with Crippen molar-refractivity contribution in [2.45, 2.75) is 49.7 Å². The lowest BCUT2D eigenvalue weighted by atomic mass is 9.88. The van der Waals surface area contributed by atoms with Crippen LogP contribution in [0.1, 0.15) is 63.9 Å². The highest BCUT2D eigenvalue weighted by Gasteiger charge is 2.26. The first kappa shape index (κ1) is 50.9. The number of aliphatic hydroxyl groups excluding tert-OH is 2. The molecule has 0 aliphatic carbocycles. The predicted molar refractivity (Wildman–Crippen MR) is 291 cm³/mol. The number of hydrogen-bond donors (Lipinski definition) is 2. The number of carbonyl (C=O) groups is 2. The van der Waals surface area contributed by atoms with Crippen LogP contribution in [-0.2, 0) is 4.79 Å². The maximum absolute atomic E-state index is 12.4. The highest BCUT2D eigenvalue weighted by Crippen LogP contribution is 2.39. The van der Waals surface area contributed by atoms with Gasteiger partial charge in [0.15, 0.2) is 11.5 Å². The number of fused-ring (bicyclic) bond motifs is 4. The van der Waals surface area contributed by atoms with Crippen LogP contribution in [0, 0.1) is 0 Å². The number of nitrogens with zero attached hydrogens (tertiary/aromatic N) is 4. The van der Waals surface area contributed by atoms with E-state index in [1.807, 2.05) is 42.5 Å². The molecule has 7 aromatic rings. The standard InChI is InChI=1S/C30H34N2O4.C29H31ClN2O3S/c1-31(2)30(34)26-17-25-8-5-9-28(29(25)36-19-26)35-20-27(33)18-32-14-12-22(13-15-32)24-11-10-21-6-3-4-7-23(21)16-24;1-31(2)29(34)28-27(30)25-10-9-24(16-26(25)36-28)35-18-23(33)17-32-13-11-20(12-14-32)22-8-7-19-5-3-4-6-21(19)15-22/h3-11,16-17,22,27,33H,12-15,18-20H2,1-2H3;3-10,15-16,20,23,33H,11-14,17-18H2,1-2H3/t27-;23-/m00/s1. The second-order valence-electron chi connectivity index (χ2n) is 19.7. The predicted octanol–water partition coefficient (Wildman–Crippen LogP) is 10.4. The van der Waals surface area contributed by atoms with Gasteiger partial charge in [-0.15, -0.1) is 11.3 Å². The molecule has 0 saturated carbocycles.